The summed E-state index contributed by atoms with van der Waals surface area (Å²) in [5, 5.41) is 0. The molecule has 0 aliphatic rings. The van der Waals surface area contributed by atoms with Gasteiger partial charge < -0.3 is 4.74 Å². The van der Waals surface area contributed by atoms with Crippen LogP contribution in [0, 0.1) is 0 Å². The number of hydrogen-bond acceptors (Lipinski definition) is 3. The van der Waals surface area contributed by atoms with Gasteiger partial charge in [-0.25, -0.2) is 0 Å². The summed E-state index contributed by atoms with van der Waals surface area (Å²) in [7, 11) is 1.37. The first-order chi connectivity index (χ1) is 5.31. The molecule has 0 amide bonds. The minimum Gasteiger partial charge on any atom is -0.468 e. The van der Waals surface area contributed by atoms with E-state index in [9.17, 15) is 9.18 Å². The zero-order valence-corrected chi connectivity index (χ0v) is 7.45. The number of methoxy groups -OCH3 is 1. The number of hydrogen-bond donors (Lipinski definition) is 0. The lowest BCUT2D eigenvalue weighted by molar-refractivity contribution is -0.137. The van der Waals surface area contributed by atoms with E-state index in [1.54, 1.807) is 0 Å². The number of rotatable bonds is 6. The molecule has 66 valence electrons. The summed E-state index contributed by atoms with van der Waals surface area (Å²) in [5.74, 6) is 0.997. The van der Waals surface area contributed by atoms with E-state index in [4.69, 9.17) is 0 Å². The minimum absolute atomic E-state index is 0.213. The Labute approximate surface area is 70.5 Å². The molecule has 4 heteroatoms. The molecule has 0 saturated heterocycles. The highest BCUT2D eigenvalue weighted by Crippen LogP contribution is 2.04. The summed E-state index contributed by atoms with van der Waals surface area (Å²) < 4.78 is 16.0. The second kappa shape index (κ2) is 7.85. The zero-order chi connectivity index (χ0) is 8.53. The molecule has 0 spiro atoms. The molecular weight excluding hydrogens is 167 g/mol. The maximum atomic E-state index is 11.5. The molecule has 0 aliphatic heterocycles. The first-order valence-electron chi connectivity index (χ1n) is 3.51. The Morgan fingerprint density at radius 1 is 1.55 bits per heavy atom. The van der Waals surface area contributed by atoms with Crippen molar-refractivity contribution in [2.24, 2.45) is 0 Å². The van der Waals surface area contributed by atoms with Gasteiger partial charge in [-0.2, -0.15) is 11.8 Å². The van der Waals surface area contributed by atoms with Crippen LogP contribution >= 0.6 is 11.8 Å². The summed E-state index contributed by atoms with van der Waals surface area (Å²) in [6.07, 6.45) is 1.42. The molecule has 2 nitrogen and oxygen atoms in total. The third-order valence-corrected chi connectivity index (χ3v) is 2.14. The van der Waals surface area contributed by atoms with Crippen molar-refractivity contribution in [1.29, 1.82) is 0 Å². The normalized spacial score (nSPS) is 9.64. The first kappa shape index (κ1) is 10.8. The van der Waals surface area contributed by atoms with Gasteiger partial charge in [-0.1, -0.05) is 0 Å². The molecule has 0 rings (SSSR count). The van der Waals surface area contributed by atoms with Gasteiger partial charge in [-0.15, -0.1) is 0 Å². The molecule has 0 N–H and O–H groups in total. The van der Waals surface area contributed by atoms with E-state index < -0.39 is 0 Å². The number of esters is 1. The molecule has 0 heterocycles. The molecule has 0 aromatic rings. The number of alkyl halides is 1. The van der Waals surface area contributed by atoms with Gasteiger partial charge in [0.2, 0.25) is 0 Å². The van der Waals surface area contributed by atoms with Gasteiger partial charge in [0.25, 0.3) is 0 Å². The van der Waals surface area contributed by atoms with Crippen molar-refractivity contribution in [3.05, 3.63) is 0 Å². The van der Waals surface area contributed by atoms with Crippen LogP contribution in [0.3, 0.4) is 0 Å². The van der Waals surface area contributed by atoms with Crippen molar-refractivity contribution < 1.29 is 13.9 Å². The van der Waals surface area contributed by atoms with E-state index in [0.717, 1.165) is 12.2 Å². The summed E-state index contributed by atoms with van der Waals surface area (Å²) in [6.45, 7) is -0.265. The molecule has 0 saturated carbocycles. The SMILES string of the molecule is COC(=O)CSCCCCF. The Morgan fingerprint density at radius 2 is 2.27 bits per heavy atom. The quantitative estimate of drug-likeness (QED) is 0.459. The van der Waals surface area contributed by atoms with Gasteiger partial charge >= 0.3 is 5.97 Å². The van der Waals surface area contributed by atoms with Crippen molar-refractivity contribution >= 4 is 17.7 Å². The molecule has 0 bridgehead atoms. The number of carbonyl (C=O) groups excluding carboxylic acids is 1. The zero-order valence-electron chi connectivity index (χ0n) is 6.64. The van der Waals surface area contributed by atoms with E-state index in [1.165, 1.54) is 18.9 Å². The van der Waals surface area contributed by atoms with E-state index in [2.05, 4.69) is 4.74 Å². The fourth-order valence-corrected chi connectivity index (χ4v) is 1.35. The fourth-order valence-electron chi connectivity index (χ4n) is 0.513. The second-order valence-corrected chi connectivity index (χ2v) is 3.13. The topological polar surface area (TPSA) is 26.3 Å². The van der Waals surface area contributed by atoms with Crippen LogP contribution in [0.1, 0.15) is 12.8 Å². The second-order valence-electron chi connectivity index (χ2n) is 2.02. The lowest BCUT2D eigenvalue weighted by Gasteiger charge is -1.97. The van der Waals surface area contributed by atoms with Gasteiger partial charge in [0.1, 0.15) is 0 Å². The Balaban J connectivity index is 2.95. The van der Waals surface area contributed by atoms with Gasteiger partial charge in [0, 0.05) is 0 Å². The third kappa shape index (κ3) is 7.65. The van der Waals surface area contributed by atoms with E-state index in [0.29, 0.717) is 12.2 Å². The van der Waals surface area contributed by atoms with Crippen molar-refractivity contribution in [2.45, 2.75) is 12.8 Å². The third-order valence-electron chi connectivity index (χ3n) is 1.12. The van der Waals surface area contributed by atoms with Gasteiger partial charge in [-0.05, 0) is 18.6 Å². The molecule has 0 aliphatic carbocycles. The first-order valence-corrected chi connectivity index (χ1v) is 4.67. The predicted octanol–water partition coefficient (Wildman–Crippen LogP) is 1.64. The lowest BCUT2D eigenvalue weighted by atomic mass is 10.4. The molecular formula is C7H13FO2S. The Hall–Kier alpha value is -0.250. The van der Waals surface area contributed by atoms with Crippen LogP contribution in [0.4, 0.5) is 4.39 Å². The van der Waals surface area contributed by atoms with E-state index in [-0.39, 0.29) is 12.6 Å². The maximum Gasteiger partial charge on any atom is 0.315 e. The number of ether oxygens (including phenoxy) is 1. The van der Waals surface area contributed by atoms with Crippen LogP contribution < -0.4 is 0 Å². The number of carbonyl (C=O) groups is 1. The Kier molecular flexibility index (Phi) is 7.67. The molecule has 0 fully saturated rings. The van der Waals surface area contributed by atoms with Crippen molar-refractivity contribution in [3.8, 4) is 0 Å². The average Bonchev–Trinajstić information content (AvgIpc) is 2.04. The van der Waals surface area contributed by atoms with Crippen LogP contribution in [0.15, 0.2) is 0 Å². The lowest BCUT2D eigenvalue weighted by Crippen LogP contribution is -2.03. The summed E-state index contributed by atoms with van der Waals surface area (Å²) in [6, 6.07) is 0. The molecule has 0 aromatic heterocycles. The molecule has 0 atom stereocenters. The molecule has 0 aromatic carbocycles. The highest BCUT2D eigenvalue weighted by molar-refractivity contribution is 7.99. The van der Waals surface area contributed by atoms with Crippen LogP contribution in [0.5, 0.6) is 0 Å². The largest absolute Gasteiger partial charge is 0.468 e. The smallest absolute Gasteiger partial charge is 0.315 e. The summed E-state index contributed by atoms with van der Waals surface area (Å²) >= 11 is 1.48. The van der Waals surface area contributed by atoms with Crippen molar-refractivity contribution in [2.75, 3.05) is 25.3 Å². The monoisotopic (exact) mass is 180 g/mol. The van der Waals surface area contributed by atoms with E-state index >= 15 is 0 Å². The van der Waals surface area contributed by atoms with Gasteiger partial charge in [0.15, 0.2) is 0 Å². The van der Waals surface area contributed by atoms with Crippen LogP contribution in [0.25, 0.3) is 0 Å². The minimum atomic E-state index is -0.265. The molecule has 0 radical (unpaired) electrons. The number of thioether (sulfide) groups is 1. The standard InChI is InChI=1S/C7H13FO2S/c1-10-7(9)6-11-5-3-2-4-8/h2-6H2,1H3. The Bertz CT molecular complexity index is 109. The van der Waals surface area contributed by atoms with Crippen molar-refractivity contribution in [3.63, 3.8) is 0 Å². The maximum absolute atomic E-state index is 11.5. The Morgan fingerprint density at radius 3 is 2.82 bits per heavy atom. The summed E-state index contributed by atoms with van der Waals surface area (Å²) in [5.41, 5.74) is 0. The number of unbranched alkanes of at least 4 members (excludes halogenated alkanes) is 1. The van der Waals surface area contributed by atoms with Gasteiger partial charge in [-0.3, -0.25) is 9.18 Å². The number of halogens is 1. The molecule has 0 unspecified atom stereocenters. The average molecular weight is 180 g/mol. The van der Waals surface area contributed by atoms with Crippen LogP contribution in [-0.2, 0) is 9.53 Å². The van der Waals surface area contributed by atoms with Crippen LogP contribution in [-0.4, -0.2) is 31.3 Å². The van der Waals surface area contributed by atoms with Crippen molar-refractivity contribution in [1.82, 2.24) is 0 Å². The van der Waals surface area contributed by atoms with E-state index in [1.807, 2.05) is 0 Å². The highest BCUT2D eigenvalue weighted by Gasteiger charge is 1.98. The highest BCUT2D eigenvalue weighted by atomic mass is 32.2. The van der Waals surface area contributed by atoms with Crippen LogP contribution in [0.2, 0.25) is 0 Å². The van der Waals surface area contributed by atoms with Gasteiger partial charge in [0.05, 0.1) is 19.5 Å². The molecule has 11 heavy (non-hydrogen) atoms. The predicted molar refractivity (Wildman–Crippen MR) is 44.6 cm³/mol. The summed E-state index contributed by atoms with van der Waals surface area (Å²) in [4.78, 5) is 10.5. The fraction of sp³-hybridized carbons (Fsp3) is 0.857.